The number of hydrogen-bond donors (Lipinski definition) is 1. The molecule has 0 heterocycles. The van der Waals surface area contributed by atoms with Gasteiger partial charge in [0, 0.05) is 6.54 Å². The van der Waals surface area contributed by atoms with Gasteiger partial charge in [0.15, 0.2) is 0 Å². The first-order valence-electron chi connectivity index (χ1n) is 6.09. The molecule has 0 aromatic heterocycles. The second-order valence-corrected chi connectivity index (χ2v) is 5.18. The van der Waals surface area contributed by atoms with Crippen LogP contribution in [0.4, 0.5) is 15.8 Å². The predicted molar refractivity (Wildman–Crippen MR) is 72.0 cm³/mol. The number of ether oxygens (including phenoxy) is 1. The number of esters is 1. The first-order chi connectivity index (χ1) is 9.19. The van der Waals surface area contributed by atoms with Gasteiger partial charge in [-0.2, -0.15) is 0 Å². The lowest BCUT2D eigenvalue weighted by molar-refractivity contribution is -0.384. The molecular formula is C13H17FN2O4. The van der Waals surface area contributed by atoms with Crippen molar-refractivity contribution in [2.75, 3.05) is 11.9 Å². The molecule has 0 aliphatic carbocycles. The Hall–Kier alpha value is -2.18. The van der Waals surface area contributed by atoms with Crippen LogP contribution in [0.25, 0.3) is 0 Å². The van der Waals surface area contributed by atoms with E-state index in [1.54, 1.807) is 20.8 Å². The molecule has 1 rings (SSSR count). The van der Waals surface area contributed by atoms with Crippen LogP contribution in [0.5, 0.6) is 0 Å². The van der Waals surface area contributed by atoms with Crippen molar-refractivity contribution in [1.29, 1.82) is 0 Å². The lowest BCUT2D eigenvalue weighted by atomic mass is 10.2. The Bertz CT molecular complexity index is 512. The molecule has 0 aliphatic rings. The van der Waals surface area contributed by atoms with Crippen LogP contribution in [0.15, 0.2) is 18.2 Å². The lowest BCUT2D eigenvalue weighted by Gasteiger charge is -2.19. The molecule has 110 valence electrons. The Morgan fingerprint density at radius 2 is 2.10 bits per heavy atom. The normalized spacial score (nSPS) is 11.0. The maximum Gasteiger partial charge on any atom is 0.308 e. The van der Waals surface area contributed by atoms with E-state index in [2.05, 4.69) is 5.32 Å². The van der Waals surface area contributed by atoms with Gasteiger partial charge in [-0.05, 0) is 32.9 Å². The number of nitro groups is 1. The smallest absolute Gasteiger partial charge is 0.308 e. The number of nitrogens with zero attached hydrogens (tertiary/aromatic N) is 1. The van der Waals surface area contributed by atoms with Crippen LogP contribution in [-0.4, -0.2) is 23.0 Å². The molecule has 0 saturated heterocycles. The fraction of sp³-hybridized carbons (Fsp3) is 0.462. The molecule has 7 heteroatoms. The van der Waals surface area contributed by atoms with Gasteiger partial charge in [-0.3, -0.25) is 14.9 Å². The Balaban J connectivity index is 2.58. The maximum atomic E-state index is 12.9. The Kier molecular flexibility index (Phi) is 5.01. The molecule has 1 N–H and O–H groups in total. The van der Waals surface area contributed by atoms with Crippen LogP contribution in [0.2, 0.25) is 0 Å². The average Bonchev–Trinajstić information content (AvgIpc) is 2.28. The van der Waals surface area contributed by atoms with Crippen molar-refractivity contribution in [2.24, 2.45) is 0 Å². The molecule has 0 aliphatic heterocycles. The van der Waals surface area contributed by atoms with Crippen molar-refractivity contribution in [3.05, 3.63) is 34.1 Å². The number of rotatable bonds is 5. The van der Waals surface area contributed by atoms with Gasteiger partial charge < -0.3 is 10.1 Å². The van der Waals surface area contributed by atoms with Crippen molar-refractivity contribution in [2.45, 2.75) is 32.8 Å². The third-order valence-electron chi connectivity index (χ3n) is 2.22. The summed E-state index contributed by atoms with van der Waals surface area (Å²) >= 11 is 0. The fourth-order valence-corrected chi connectivity index (χ4v) is 1.50. The number of nitro benzene ring substituents is 1. The average molecular weight is 284 g/mol. The molecule has 0 amide bonds. The minimum absolute atomic E-state index is 0.0613. The number of carbonyl (C=O) groups excluding carboxylic acids is 1. The SMILES string of the molecule is CC(C)(C)OC(=O)CCNc1ccc(F)cc1[N+](=O)[O-]. The van der Waals surface area contributed by atoms with Gasteiger partial charge in [-0.25, -0.2) is 4.39 Å². The van der Waals surface area contributed by atoms with E-state index in [-0.39, 0.29) is 24.3 Å². The van der Waals surface area contributed by atoms with Gasteiger partial charge in [0.1, 0.15) is 17.1 Å². The predicted octanol–water partition coefficient (Wildman–Crippen LogP) is 2.88. The maximum absolute atomic E-state index is 12.9. The number of carbonyl (C=O) groups is 1. The monoisotopic (exact) mass is 284 g/mol. The first kappa shape index (κ1) is 15.9. The molecule has 20 heavy (non-hydrogen) atoms. The minimum Gasteiger partial charge on any atom is -0.460 e. The molecule has 0 atom stereocenters. The minimum atomic E-state index is -0.686. The Morgan fingerprint density at radius 3 is 2.65 bits per heavy atom. The van der Waals surface area contributed by atoms with Gasteiger partial charge in [0.2, 0.25) is 0 Å². The molecule has 6 nitrogen and oxygen atoms in total. The molecular weight excluding hydrogens is 267 g/mol. The highest BCUT2D eigenvalue weighted by atomic mass is 19.1. The number of hydrogen-bond acceptors (Lipinski definition) is 5. The van der Waals surface area contributed by atoms with E-state index in [1.807, 2.05) is 0 Å². The van der Waals surface area contributed by atoms with Crippen LogP contribution in [0.1, 0.15) is 27.2 Å². The number of nitrogens with one attached hydrogen (secondary N) is 1. The second-order valence-electron chi connectivity index (χ2n) is 5.18. The highest BCUT2D eigenvalue weighted by Crippen LogP contribution is 2.24. The van der Waals surface area contributed by atoms with Gasteiger partial charge in [0.05, 0.1) is 17.4 Å². The van der Waals surface area contributed by atoms with Crippen LogP contribution < -0.4 is 5.32 Å². The van der Waals surface area contributed by atoms with E-state index in [1.165, 1.54) is 6.07 Å². The second kappa shape index (κ2) is 6.31. The van der Waals surface area contributed by atoms with E-state index in [0.717, 1.165) is 12.1 Å². The van der Waals surface area contributed by atoms with Gasteiger partial charge in [-0.15, -0.1) is 0 Å². The summed E-state index contributed by atoms with van der Waals surface area (Å²) in [4.78, 5) is 21.5. The van der Waals surface area contributed by atoms with E-state index < -0.39 is 22.3 Å². The standard InChI is InChI=1S/C13H17FN2O4/c1-13(2,3)20-12(17)6-7-15-10-5-4-9(14)8-11(10)16(18)19/h4-5,8,15H,6-7H2,1-3H3. The zero-order valence-corrected chi connectivity index (χ0v) is 11.6. The molecule has 1 aromatic carbocycles. The highest BCUT2D eigenvalue weighted by molar-refractivity contribution is 5.71. The van der Waals surface area contributed by atoms with E-state index in [4.69, 9.17) is 4.74 Å². The van der Waals surface area contributed by atoms with Crippen LogP contribution >= 0.6 is 0 Å². The van der Waals surface area contributed by atoms with E-state index in [0.29, 0.717) is 0 Å². The summed E-state index contributed by atoms with van der Waals surface area (Å²) in [6.07, 6.45) is 0.0613. The summed E-state index contributed by atoms with van der Waals surface area (Å²) in [5.74, 6) is -1.09. The van der Waals surface area contributed by atoms with Crippen molar-refractivity contribution < 1.29 is 18.8 Å². The Labute approximate surface area is 116 Å². The van der Waals surface area contributed by atoms with E-state index >= 15 is 0 Å². The molecule has 0 spiro atoms. The van der Waals surface area contributed by atoms with Gasteiger partial charge >= 0.3 is 5.97 Å². The van der Waals surface area contributed by atoms with Crippen LogP contribution in [-0.2, 0) is 9.53 Å². The molecule has 0 saturated carbocycles. The molecule has 0 bridgehead atoms. The lowest BCUT2D eigenvalue weighted by Crippen LogP contribution is -2.25. The Morgan fingerprint density at radius 1 is 1.45 bits per heavy atom. The number of halogens is 1. The first-order valence-corrected chi connectivity index (χ1v) is 6.09. The summed E-state index contributed by atoms with van der Waals surface area (Å²) in [6, 6.07) is 3.21. The largest absolute Gasteiger partial charge is 0.460 e. The zero-order valence-electron chi connectivity index (χ0n) is 11.6. The van der Waals surface area contributed by atoms with Crippen LogP contribution in [0, 0.1) is 15.9 Å². The van der Waals surface area contributed by atoms with Crippen molar-refractivity contribution in [3.63, 3.8) is 0 Å². The molecule has 0 radical (unpaired) electrons. The quantitative estimate of drug-likeness (QED) is 0.511. The van der Waals surface area contributed by atoms with Gasteiger partial charge in [0.25, 0.3) is 5.69 Å². The third kappa shape index (κ3) is 5.21. The summed E-state index contributed by atoms with van der Waals surface area (Å²) in [6.45, 7) is 5.43. The third-order valence-corrected chi connectivity index (χ3v) is 2.22. The zero-order chi connectivity index (χ0) is 15.3. The number of anilines is 1. The highest BCUT2D eigenvalue weighted by Gasteiger charge is 2.17. The summed E-state index contributed by atoms with van der Waals surface area (Å²) in [7, 11) is 0. The molecule has 0 fully saturated rings. The molecule has 0 unspecified atom stereocenters. The fourth-order valence-electron chi connectivity index (χ4n) is 1.50. The van der Waals surface area contributed by atoms with Crippen LogP contribution in [0.3, 0.4) is 0 Å². The molecule has 1 aromatic rings. The summed E-state index contributed by atoms with van der Waals surface area (Å²) in [5.41, 5.74) is -0.770. The van der Waals surface area contributed by atoms with Crippen molar-refractivity contribution in [3.8, 4) is 0 Å². The van der Waals surface area contributed by atoms with E-state index in [9.17, 15) is 19.3 Å². The van der Waals surface area contributed by atoms with Gasteiger partial charge in [-0.1, -0.05) is 0 Å². The topological polar surface area (TPSA) is 81.5 Å². The summed E-state index contributed by atoms with van der Waals surface area (Å²) in [5, 5.41) is 13.5. The number of benzene rings is 1. The summed E-state index contributed by atoms with van der Waals surface area (Å²) < 4.78 is 18.0. The van der Waals surface area contributed by atoms with Crippen molar-refractivity contribution >= 4 is 17.3 Å². The van der Waals surface area contributed by atoms with Crippen molar-refractivity contribution in [1.82, 2.24) is 0 Å².